The van der Waals surface area contributed by atoms with E-state index in [0.29, 0.717) is 13.1 Å². The van der Waals surface area contributed by atoms with E-state index in [1.165, 1.54) is 16.0 Å². The molecule has 0 aliphatic carbocycles. The molecule has 27 heavy (non-hydrogen) atoms. The van der Waals surface area contributed by atoms with Crippen LogP contribution in [0.15, 0.2) is 48.5 Å². The third-order valence-electron chi connectivity index (χ3n) is 5.26. The minimum absolute atomic E-state index is 0.128. The molecule has 0 spiro atoms. The molecule has 1 saturated heterocycles. The summed E-state index contributed by atoms with van der Waals surface area (Å²) < 4.78 is 5.15. The minimum atomic E-state index is 0.128. The van der Waals surface area contributed by atoms with Gasteiger partial charge in [0.25, 0.3) is 5.91 Å². The first-order chi connectivity index (χ1) is 13.1. The number of rotatable bonds is 7. The van der Waals surface area contributed by atoms with Crippen LogP contribution in [-0.2, 0) is 17.9 Å². The predicted octanol–water partition coefficient (Wildman–Crippen LogP) is -0.397. The van der Waals surface area contributed by atoms with Gasteiger partial charge in [-0.3, -0.25) is 4.79 Å². The van der Waals surface area contributed by atoms with E-state index in [4.69, 9.17) is 4.74 Å². The first kappa shape index (κ1) is 19.4. The molecule has 0 aromatic heterocycles. The Balaban J connectivity index is 1.37. The van der Waals surface area contributed by atoms with E-state index in [1.54, 1.807) is 12.0 Å². The lowest BCUT2D eigenvalue weighted by Crippen LogP contribution is -3.28. The molecule has 0 radical (unpaired) electrons. The third-order valence-corrected chi connectivity index (χ3v) is 5.26. The molecule has 1 aliphatic rings. The van der Waals surface area contributed by atoms with Crippen LogP contribution >= 0.6 is 0 Å². The summed E-state index contributed by atoms with van der Waals surface area (Å²) in [4.78, 5) is 15.3. The van der Waals surface area contributed by atoms with Gasteiger partial charge >= 0.3 is 0 Å². The number of ether oxygens (including phenoxy) is 1. The Morgan fingerprint density at radius 1 is 1.00 bits per heavy atom. The standard InChI is InChI=1S/C22H29N3O2/c1-18-4-3-5-20(14-18)16-24-10-12-25(13-11-24)17-22(26)23-15-19-6-8-21(27-2)9-7-19/h3-9,14H,10-13,15-17H2,1-2H3,(H,23,26)/p+2. The van der Waals surface area contributed by atoms with Crippen LogP contribution in [0.4, 0.5) is 0 Å². The number of nitrogens with one attached hydrogen (secondary N) is 3. The maximum atomic E-state index is 12.3. The second-order valence-electron chi connectivity index (χ2n) is 7.47. The Labute approximate surface area is 161 Å². The first-order valence-electron chi connectivity index (χ1n) is 9.74. The average Bonchev–Trinajstić information content (AvgIpc) is 2.68. The molecule has 0 atom stereocenters. The van der Waals surface area contributed by atoms with E-state index < -0.39 is 0 Å². The summed E-state index contributed by atoms with van der Waals surface area (Å²) in [5, 5.41) is 3.03. The highest BCUT2D eigenvalue weighted by Crippen LogP contribution is 2.10. The number of aryl methyl sites for hydroxylation is 1. The predicted molar refractivity (Wildman–Crippen MR) is 106 cm³/mol. The average molecular weight is 370 g/mol. The van der Waals surface area contributed by atoms with E-state index in [1.807, 2.05) is 24.3 Å². The molecule has 0 bridgehead atoms. The van der Waals surface area contributed by atoms with Gasteiger partial charge in [-0.2, -0.15) is 0 Å². The van der Waals surface area contributed by atoms with Crippen molar-refractivity contribution in [1.82, 2.24) is 5.32 Å². The monoisotopic (exact) mass is 369 g/mol. The molecular weight excluding hydrogens is 338 g/mol. The Kier molecular flexibility index (Phi) is 6.85. The Morgan fingerprint density at radius 2 is 1.70 bits per heavy atom. The molecular formula is C22H31N3O2+2. The van der Waals surface area contributed by atoms with E-state index in [9.17, 15) is 4.79 Å². The fourth-order valence-electron chi connectivity index (χ4n) is 3.66. The molecule has 3 rings (SSSR count). The van der Waals surface area contributed by atoms with Gasteiger partial charge in [0, 0.05) is 12.1 Å². The van der Waals surface area contributed by atoms with E-state index in [0.717, 1.165) is 44.0 Å². The number of amides is 1. The van der Waals surface area contributed by atoms with Crippen LogP contribution in [0.1, 0.15) is 16.7 Å². The highest BCUT2D eigenvalue weighted by Gasteiger charge is 2.24. The van der Waals surface area contributed by atoms with Crippen LogP contribution < -0.4 is 19.9 Å². The quantitative estimate of drug-likeness (QED) is 0.622. The number of quaternary nitrogens is 2. The number of hydrogen-bond acceptors (Lipinski definition) is 2. The van der Waals surface area contributed by atoms with Crippen LogP contribution in [-0.4, -0.2) is 45.7 Å². The van der Waals surface area contributed by atoms with Crippen LogP contribution in [0.5, 0.6) is 5.75 Å². The Bertz CT molecular complexity index is 737. The van der Waals surface area contributed by atoms with Crippen molar-refractivity contribution in [2.24, 2.45) is 0 Å². The van der Waals surface area contributed by atoms with Gasteiger partial charge in [-0.15, -0.1) is 0 Å². The molecule has 0 unspecified atom stereocenters. The molecule has 5 heteroatoms. The molecule has 2 aromatic rings. The fourth-order valence-corrected chi connectivity index (χ4v) is 3.66. The van der Waals surface area contributed by atoms with Crippen LogP contribution in [0.3, 0.4) is 0 Å². The fraction of sp³-hybridized carbons (Fsp3) is 0.409. The molecule has 5 nitrogen and oxygen atoms in total. The summed E-state index contributed by atoms with van der Waals surface area (Å²) in [5.74, 6) is 0.962. The zero-order valence-electron chi connectivity index (χ0n) is 16.4. The van der Waals surface area contributed by atoms with Crippen molar-refractivity contribution in [3.05, 3.63) is 65.2 Å². The van der Waals surface area contributed by atoms with E-state index in [-0.39, 0.29) is 5.91 Å². The number of carbonyl (C=O) groups is 1. The van der Waals surface area contributed by atoms with Crippen molar-refractivity contribution in [3.8, 4) is 5.75 Å². The van der Waals surface area contributed by atoms with Crippen molar-refractivity contribution in [2.75, 3.05) is 39.8 Å². The summed E-state index contributed by atoms with van der Waals surface area (Å²) in [6, 6.07) is 16.6. The third kappa shape index (κ3) is 6.08. The van der Waals surface area contributed by atoms with Crippen molar-refractivity contribution < 1.29 is 19.3 Å². The summed E-state index contributed by atoms with van der Waals surface area (Å²) in [6.07, 6.45) is 0. The first-order valence-corrected chi connectivity index (χ1v) is 9.74. The van der Waals surface area contributed by atoms with E-state index >= 15 is 0 Å². The Morgan fingerprint density at radius 3 is 2.37 bits per heavy atom. The lowest BCUT2D eigenvalue weighted by molar-refractivity contribution is -1.02. The molecule has 1 heterocycles. The topological polar surface area (TPSA) is 47.2 Å². The zero-order chi connectivity index (χ0) is 19.1. The van der Waals surface area contributed by atoms with Crippen LogP contribution in [0.25, 0.3) is 0 Å². The second kappa shape index (κ2) is 9.53. The van der Waals surface area contributed by atoms with Crippen molar-refractivity contribution in [2.45, 2.75) is 20.0 Å². The van der Waals surface area contributed by atoms with Crippen LogP contribution in [0, 0.1) is 6.92 Å². The van der Waals surface area contributed by atoms with Gasteiger partial charge in [0.15, 0.2) is 6.54 Å². The van der Waals surface area contributed by atoms with Gasteiger partial charge < -0.3 is 19.9 Å². The lowest BCUT2D eigenvalue weighted by Gasteiger charge is -2.29. The molecule has 2 aromatic carbocycles. The summed E-state index contributed by atoms with van der Waals surface area (Å²) in [5.41, 5.74) is 3.82. The van der Waals surface area contributed by atoms with Crippen LogP contribution in [0.2, 0.25) is 0 Å². The van der Waals surface area contributed by atoms with Crippen molar-refractivity contribution in [3.63, 3.8) is 0 Å². The highest BCUT2D eigenvalue weighted by molar-refractivity contribution is 5.76. The second-order valence-corrected chi connectivity index (χ2v) is 7.47. The molecule has 3 N–H and O–H groups in total. The summed E-state index contributed by atoms with van der Waals surface area (Å²) in [6.45, 7) is 8.71. The molecule has 0 saturated carbocycles. The summed E-state index contributed by atoms with van der Waals surface area (Å²) >= 11 is 0. The van der Waals surface area contributed by atoms with Crippen molar-refractivity contribution in [1.29, 1.82) is 0 Å². The van der Waals surface area contributed by atoms with Gasteiger partial charge in [-0.05, 0) is 24.6 Å². The largest absolute Gasteiger partial charge is 0.497 e. The zero-order valence-corrected chi connectivity index (χ0v) is 16.4. The highest BCUT2D eigenvalue weighted by atomic mass is 16.5. The van der Waals surface area contributed by atoms with Gasteiger partial charge in [-0.1, -0.05) is 42.0 Å². The lowest BCUT2D eigenvalue weighted by atomic mass is 10.1. The number of hydrogen-bond donors (Lipinski definition) is 3. The van der Waals surface area contributed by atoms with Gasteiger partial charge in [-0.25, -0.2) is 0 Å². The SMILES string of the molecule is COc1ccc(CNC(=O)C[NH+]2CC[NH+](Cc3cccc(C)c3)CC2)cc1. The molecule has 1 fully saturated rings. The van der Waals surface area contributed by atoms with Gasteiger partial charge in [0.2, 0.25) is 0 Å². The number of piperazine rings is 1. The maximum absolute atomic E-state index is 12.3. The van der Waals surface area contributed by atoms with E-state index in [2.05, 4.69) is 36.5 Å². The van der Waals surface area contributed by atoms with Gasteiger partial charge in [0.1, 0.15) is 38.5 Å². The van der Waals surface area contributed by atoms with Gasteiger partial charge in [0.05, 0.1) is 7.11 Å². The number of carbonyl (C=O) groups excluding carboxylic acids is 1. The molecule has 1 amide bonds. The normalized spacial score (nSPS) is 19.5. The number of benzene rings is 2. The van der Waals surface area contributed by atoms with Crippen molar-refractivity contribution >= 4 is 5.91 Å². The number of methoxy groups -OCH3 is 1. The Hall–Kier alpha value is -2.37. The smallest absolute Gasteiger partial charge is 0.275 e. The summed E-state index contributed by atoms with van der Waals surface area (Å²) in [7, 11) is 1.65. The molecule has 1 aliphatic heterocycles. The molecule has 144 valence electrons. The minimum Gasteiger partial charge on any atom is -0.497 e. The maximum Gasteiger partial charge on any atom is 0.275 e.